The van der Waals surface area contributed by atoms with E-state index in [0.717, 1.165) is 41.4 Å². The third-order valence-corrected chi connectivity index (χ3v) is 4.14. The molecule has 3 heterocycles. The molecule has 0 amide bonds. The van der Waals surface area contributed by atoms with Gasteiger partial charge in [0.05, 0.1) is 17.1 Å². The number of aryl methyl sites for hydroxylation is 1. The SMILES string of the molecule is Cc1nc2ccccn2c1CNCc1cc(-c2ccccc2)n[nH]1. The Kier molecular flexibility index (Phi) is 3.84. The van der Waals surface area contributed by atoms with Crippen molar-refractivity contribution in [2.45, 2.75) is 20.0 Å². The monoisotopic (exact) mass is 317 g/mol. The van der Waals surface area contributed by atoms with Crippen molar-refractivity contribution >= 4 is 5.65 Å². The van der Waals surface area contributed by atoms with Crippen LogP contribution in [0, 0.1) is 6.92 Å². The Balaban J connectivity index is 1.44. The largest absolute Gasteiger partial charge is 0.306 e. The van der Waals surface area contributed by atoms with Crippen molar-refractivity contribution in [2.75, 3.05) is 0 Å². The van der Waals surface area contributed by atoms with Gasteiger partial charge in [-0.25, -0.2) is 4.98 Å². The van der Waals surface area contributed by atoms with Crippen LogP contribution in [0.15, 0.2) is 60.8 Å². The molecule has 0 spiro atoms. The number of aromatic nitrogens is 4. The third kappa shape index (κ3) is 2.81. The van der Waals surface area contributed by atoms with E-state index in [-0.39, 0.29) is 0 Å². The fourth-order valence-corrected chi connectivity index (χ4v) is 2.90. The van der Waals surface area contributed by atoms with Crippen molar-refractivity contribution in [1.82, 2.24) is 24.9 Å². The summed E-state index contributed by atoms with van der Waals surface area (Å²) in [5.41, 5.74) is 6.40. The van der Waals surface area contributed by atoms with Crippen LogP contribution >= 0.6 is 0 Å². The lowest BCUT2D eigenvalue weighted by atomic mass is 10.1. The molecule has 0 atom stereocenters. The van der Waals surface area contributed by atoms with Crippen molar-refractivity contribution in [1.29, 1.82) is 0 Å². The lowest BCUT2D eigenvalue weighted by Gasteiger charge is -2.04. The summed E-state index contributed by atoms with van der Waals surface area (Å²) < 4.78 is 2.13. The lowest BCUT2D eigenvalue weighted by molar-refractivity contribution is 0.659. The van der Waals surface area contributed by atoms with Crippen LogP contribution in [-0.2, 0) is 13.1 Å². The summed E-state index contributed by atoms with van der Waals surface area (Å²) in [5.74, 6) is 0. The Bertz CT molecular complexity index is 952. The minimum Gasteiger partial charge on any atom is -0.306 e. The van der Waals surface area contributed by atoms with Gasteiger partial charge in [0.25, 0.3) is 0 Å². The highest BCUT2D eigenvalue weighted by Gasteiger charge is 2.08. The normalized spacial score (nSPS) is 11.2. The number of nitrogens with zero attached hydrogens (tertiary/aromatic N) is 3. The zero-order valence-corrected chi connectivity index (χ0v) is 13.5. The van der Waals surface area contributed by atoms with E-state index in [9.17, 15) is 0 Å². The van der Waals surface area contributed by atoms with Crippen LogP contribution in [0.1, 0.15) is 17.1 Å². The molecule has 3 aromatic heterocycles. The van der Waals surface area contributed by atoms with Crippen LogP contribution in [0.25, 0.3) is 16.9 Å². The van der Waals surface area contributed by atoms with Gasteiger partial charge < -0.3 is 9.72 Å². The van der Waals surface area contributed by atoms with Crippen LogP contribution in [0.4, 0.5) is 0 Å². The summed E-state index contributed by atoms with van der Waals surface area (Å²) in [6.45, 7) is 3.55. The van der Waals surface area contributed by atoms with Crippen molar-refractivity contribution < 1.29 is 0 Å². The van der Waals surface area contributed by atoms with Gasteiger partial charge >= 0.3 is 0 Å². The van der Waals surface area contributed by atoms with Crippen LogP contribution in [0.2, 0.25) is 0 Å². The van der Waals surface area contributed by atoms with Crippen LogP contribution in [-0.4, -0.2) is 19.6 Å². The highest BCUT2D eigenvalue weighted by molar-refractivity contribution is 5.58. The minimum atomic E-state index is 0.735. The Morgan fingerprint density at radius 2 is 1.88 bits per heavy atom. The van der Waals surface area contributed by atoms with Crippen molar-refractivity contribution in [3.63, 3.8) is 0 Å². The molecule has 0 saturated carbocycles. The molecule has 4 aromatic rings. The molecule has 120 valence electrons. The van der Waals surface area contributed by atoms with Gasteiger partial charge in [0.2, 0.25) is 0 Å². The number of pyridine rings is 1. The predicted molar refractivity (Wildman–Crippen MR) is 94.5 cm³/mol. The number of benzene rings is 1. The molecule has 5 heteroatoms. The molecule has 2 N–H and O–H groups in total. The van der Waals surface area contributed by atoms with Crippen molar-refractivity contribution in [2.24, 2.45) is 0 Å². The number of hydrogen-bond donors (Lipinski definition) is 2. The molecule has 0 unspecified atom stereocenters. The summed E-state index contributed by atoms with van der Waals surface area (Å²) in [7, 11) is 0. The topological polar surface area (TPSA) is 58.0 Å². The zero-order valence-electron chi connectivity index (χ0n) is 13.5. The van der Waals surface area contributed by atoms with E-state index in [1.165, 1.54) is 5.69 Å². The number of nitrogens with one attached hydrogen (secondary N) is 2. The Labute approximate surface area is 140 Å². The fourth-order valence-electron chi connectivity index (χ4n) is 2.90. The average molecular weight is 317 g/mol. The van der Waals surface area contributed by atoms with Gasteiger partial charge in [-0.2, -0.15) is 5.10 Å². The van der Waals surface area contributed by atoms with Gasteiger partial charge in [0.15, 0.2) is 0 Å². The molecule has 24 heavy (non-hydrogen) atoms. The molecule has 0 radical (unpaired) electrons. The number of hydrogen-bond acceptors (Lipinski definition) is 3. The first-order chi connectivity index (χ1) is 11.8. The maximum Gasteiger partial charge on any atom is 0.137 e. The van der Waals surface area contributed by atoms with Crippen LogP contribution in [0.3, 0.4) is 0 Å². The van der Waals surface area contributed by atoms with Crippen LogP contribution in [0.5, 0.6) is 0 Å². The maximum atomic E-state index is 4.59. The van der Waals surface area contributed by atoms with E-state index in [1.54, 1.807) is 0 Å². The molecule has 0 aliphatic rings. The number of aromatic amines is 1. The number of imidazole rings is 1. The zero-order chi connectivity index (χ0) is 16.4. The van der Waals surface area contributed by atoms with Gasteiger partial charge in [-0.1, -0.05) is 36.4 Å². The maximum absolute atomic E-state index is 4.59. The summed E-state index contributed by atoms with van der Waals surface area (Å²) in [6.07, 6.45) is 2.05. The van der Waals surface area contributed by atoms with Gasteiger partial charge in [-0.15, -0.1) is 0 Å². The van der Waals surface area contributed by atoms with E-state index in [4.69, 9.17) is 0 Å². The second-order valence-electron chi connectivity index (χ2n) is 5.82. The average Bonchev–Trinajstić information content (AvgIpc) is 3.21. The fraction of sp³-hybridized carbons (Fsp3) is 0.158. The standard InChI is InChI=1S/C19H19N5/c1-14-18(24-10-6-5-9-19(24)21-14)13-20-12-16-11-17(23-22-16)15-7-3-2-4-8-15/h2-11,20H,12-13H2,1H3,(H,22,23). The first-order valence-electron chi connectivity index (χ1n) is 8.04. The highest BCUT2D eigenvalue weighted by Crippen LogP contribution is 2.17. The number of fused-ring (bicyclic) bond motifs is 1. The van der Waals surface area contributed by atoms with Gasteiger partial charge in [-0.3, -0.25) is 5.10 Å². The van der Waals surface area contributed by atoms with Gasteiger partial charge in [0, 0.05) is 30.5 Å². The Morgan fingerprint density at radius 3 is 2.75 bits per heavy atom. The molecule has 5 nitrogen and oxygen atoms in total. The second kappa shape index (κ2) is 6.29. The Hall–Kier alpha value is -2.92. The highest BCUT2D eigenvalue weighted by atomic mass is 15.1. The van der Waals surface area contributed by atoms with Gasteiger partial charge in [0.1, 0.15) is 5.65 Å². The summed E-state index contributed by atoms with van der Waals surface area (Å²) in [6, 6.07) is 18.3. The number of rotatable bonds is 5. The van der Waals surface area contributed by atoms with E-state index in [0.29, 0.717) is 0 Å². The minimum absolute atomic E-state index is 0.735. The van der Waals surface area contributed by atoms with Crippen molar-refractivity contribution in [3.8, 4) is 11.3 Å². The third-order valence-electron chi connectivity index (χ3n) is 4.14. The van der Waals surface area contributed by atoms with Crippen LogP contribution < -0.4 is 5.32 Å². The van der Waals surface area contributed by atoms with E-state index >= 15 is 0 Å². The molecule has 1 aromatic carbocycles. The van der Waals surface area contributed by atoms with E-state index in [1.807, 2.05) is 43.3 Å². The smallest absolute Gasteiger partial charge is 0.137 e. The molecule has 0 aliphatic heterocycles. The molecule has 0 bridgehead atoms. The van der Waals surface area contributed by atoms with Gasteiger partial charge in [-0.05, 0) is 25.1 Å². The number of H-pyrrole nitrogens is 1. The molecule has 0 saturated heterocycles. The summed E-state index contributed by atoms with van der Waals surface area (Å²) >= 11 is 0. The summed E-state index contributed by atoms with van der Waals surface area (Å²) in [5, 5.41) is 11.0. The van der Waals surface area contributed by atoms with E-state index in [2.05, 4.69) is 49.3 Å². The molecular weight excluding hydrogens is 298 g/mol. The Morgan fingerprint density at radius 1 is 1.04 bits per heavy atom. The van der Waals surface area contributed by atoms with E-state index < -0.39 is 0 Å². The predicted octanol–water partition coefficient (Wildman–Crippen LogP) is 3.32. The lowest BCUT2D eigenvalue weighted by Crippen LogP contribution is -2.15. The van der Waals surface area contributed by atoms with Crippen molar-refractivity contribution in [3.05, 3.63) is 77.9 Å². The second-order valence-corrected chi connectivity index (χ2v) is 5.82. The molecular formula is C19H19N5. The quantitative estimate of drug-likeness (QED) is 0.593. The first-order valence-corrected chi connectivity index (χ1v) is 8.04. The molecule has 0 aliphatic carbocycles. The molecule has 4 rings (SSSR count). The first kappa shape index (κ1) is 14.7. The summed E-state index contributed by atoms with van der Waals surface area (Å²) in [4.78, 5) is 4.59. The molecule has 0 fully saturated rings.